The van der Waals surface area contributed by atoms with E-state index >= 15 is 0 Å². The van der Waals surface area contributed by atoms with Gasteiger partial charge >= 0.3 is 0 Å². The van der Waals surface area contributed by atoms with Crippen LogP contribution in [-0.2, 0) is 0 Å². The van der Waals surface area contributed by atoms with Crippen LogP contribution in [0.1, 0.15) is 24.2 Å². The summed E-state index contributed by atoms with van der Waals surface area (Å²) in [4.78, 5) is 12.2. The fraction of sp³-hybridized carbons (Fsp3) is 0.500. The van der Waals surface area contributed by atoms with Gasteiger partial charge in [-0.1, -0.05) is 13.8 Å². The maximum Gasteiger partial charge on any atom is 0.255 e. The number of halogens is 1. The molecule has 0 fully saturated rings. The molecule has 5 heteroatoms. The summed E-state index contributed by atoms with van der Waals surface area (Å²) in [6, 6.07) is 5.11. The molecule has 0 radical (unpaired) electrons. The molecule has 0 aromatic heterocycles. The molecule has 0 bridgehead atoms. The molecule has 1 aromatic rings. The van der Waals surface area contributed by atoms with E-state index in [1.165, 1.54) is 7.11 Å². The van der Waals surface area contributed by atoms with Crippen LogP contribution in [-0.4, -0.2) is 32.6 Å². The number of alkyl halides is 1. The SMILES string of the molecule is COc1ccc(OC)c(C(=O)NCC(C)(C)CCl)c1. The van der Waals surface area contributed by atoms with E-state index in [1.807, 2.05) is 13.8 Å². The van der Waals surface area contributed by atoms with E-state index in [9.17, 15) is 4.79 Å². The number of hydrogen-bond donors (Lipinski definition) is 1. The maximum atomic E-state index is 12.2. The lowest BCUT2D eigenvalue weighted by atomic mass is 9.96. The van der Waals surface area contributed by atoms with Crippen LogP contribution < -0.4 is 14.8 Å². The summed E-state index contributed by atoms with van der Waals surface area (Å²) in [5.41, 5.74) is 0.302. The first kappa shape index (κ1) is 15.6. The second kappa shape index (κ2) is 6.66. The lowest BCUT2D eigenvalue weighted by molar-refractivity contribution is 0.0936. The minimum atomic E-state index is -0.200. The monoisotopic (exact) mass is 285 g/mol. The van der Waals surface area contributed by atoms with Crippen molar-refractivity contribution < 1.29 is 14.3 Å². The Hall–Kier alpha value is -1.42. The molecular formula is C14H20ClNO3. The molecule has 0 spiro atoms. The van der Waals surface area contributed by atoms with Crippen molar-refractivity contribution in [3.05, 3.63) is 23.8 Å². The minimum Gasteiger partial charge on any atom is -0.497 e. The van der Waals surface area contributed by atoms with Crippen LogP contribution in [0.3, 0.4) is 0 Å². The van der Waals surface area contributed by atoms with Gasteiger partial charge < -0.3 is 14.8 Å². The van der Waals surface area contributed by atoms with E-state index in [0.717, 1.165) is 0 Å². The molecule has 4 nitrogen and oxygen atoms in total. The fourth-order valence-electron chi connectivity index (χ4n) is 1.45. The average molecular weight is 286 g/mol. The first-order valence-electron chi connectivity index (χ1n) is 5.99. The van der Waals surface area contributed by atoms with Crippen LogP contribution in [0.5, 0.6) is 11.5 Å². The molecular weight excluding hydrogens is 266 g/mol. The van der Waals surface area contributed by atoms with Crippen molar-refractivity contribution in [1.29, 1.82) is 0 Å². The largest absolute Gasteiger partial charge is 0.497 e. The van der Waals surface area contributed by atoms with Gasteiger partial charge in [-0.2, -0.15) is 0 Å². The van der Waals surface area contributed by atoms with Gasteiger partial charge in [0.1, 0.15) is 11.5 Å². The quantitative estimate of drug-likeness (QED) is 0.818. The van der Waals surface area contributed by atoms with Crippen LogP contribution in [0.4, 0.5) is 0 Å². The zero-order valence-corrected chi connectivity index (χ0v) is 12.5. The van der Waals surface area contributed by atoms with Crippen LogP contribution in [0, 0.1) is 5.41 Å². The van der Waals surface area contributed by atoms with Gasteiger partial charge in [0, 0.05) is 12.4 Å². The number of amides is 1. The Kier molecular flexibility index (Phi) is 5.48. The second-order valence-corrected chi connectivity index (χ2v) is 5.31. The van der Waals surface area contributed by atoms with Crippen molar-refractivity contribution in [2.24, 2.45) is 5.41 Å². The summed E-state index contributed by atoms with van der Waals surface area (Å²) in [6.45, 7) is 4.47. The molecule has 0 aliphatic carbocycles. The Labute approximate surface area is 119 Å². The van der Waals surface area contributed by atoms with Gasteiger partial charge in [0.15, 0.2) is 0 Å². The number of rotatable bonds is 6. The number of hydrogen-bond acceptors (Lipinski definition) is 3. The zero-order chi connectivity index (χ0) is 14.5. The van der Waals surface area contributed by atoms with E-state index in [-0.39, 0.29) is 11.3 Å². The highest BCUT2D eigenvalue weighted by molar-refractivity contribution is 6.18. The van der Waals surface area contributed by atoms with Gasteiger partial charge in [0.2, 0.25) is 0 Å². The van der Waals surface area contributed by atoms with Crippen LogP contribution in [0.15, 0.2) is 18.2 Å². The molecule has 1 amide bonds. The van der Waals surface area contributed by atoms with Crippen molar-refractivity contribution in [2.75, 3.05) is 26.6 Å². The van der Waals surface area contributed by atoms with Crippen molar-refractivity contribution >= 4 is 17.5 Å². The molecule has 1 aromatic carbocycles. The smallest absolute Gasteiger partial charge is 0.255 e. The molecule has 19 heavy (non-hydrogen) atoms. The summed E-state index contributed by atoms with van der Waals surface area (Å²) >= 11 is 5.83. The second-order valence-electron chi connectivity index (χ2n) is 5.05. The standard InChI is InChI=1S/C14H20ClNO3/c1-14(2,8-15)9-16-13(17)11-7-10(18-3)5-6-12(11)19-4/h5-7H,8-9H2,1-4H3,(H,16,17). The number of carbonyl (C=O) groups is 1. The Bertz CT molecular complexity index is 446. The molecule has 0 heterocycles. The fourth-order valence-corrected chi connectivity index (χ4v) is 1.55. The van der Waals surface area contributed by atoms with Gasteiger partial charge in [0.25, 0.3) is 5.91 Å². The number of nitrogens with one attached hydrogen (secondary N) is 1. The molecule has 1 rings (SSSR count). The van der Waals surface area contributed by atoms with Crippen molar-refractivity contribution in [3.63, 3.8) is 0 Å². The zero-order valence-electron chi connectivity index (χ0n) is 11.7. The summed E-state index contributed by atoms with van der Waals surface area (Å²) in [5, 5.41) is 2.86. The van der Waals surface area contributed by atoms with Crippen LogP contribution in [0.2, 0.25) is 0 Å². The number of ether oxygens (including phenoxy) is 2. The summed E-state index contributed by atoms with van der Waals surface area (Å²) in [6.07, 6.45) is 0. The first-order valence-corrected chi connectivity index (χ1v) is 6.53. The molecule has 0 aliphatic heterocycles. The van der Waals surface area contributed by atoms with Gasteiger partial charge in [-0.15, -0.1) is 11.6 Å². The topological polar surface area (TPSA) is 47.6 Å². The van der Waals surface area contributed by atoms with E-state index in [4.69, 9.17) is 21.1 Å². The van der Waals surface area contributed by atoms with Crippen molar-refractivity contribution in [2.45, 2.75) is 13.8 Å². The summed E-state index contributed by atoms with van der Waals surface area (Å²) in [7, 11) is 3.08. The van der Waals surface area contributed by atoms with Crippen molar-refractivity contribution in [1.82, 2.24) is 5.32 Å². The molecule has 0 saturated carbocycles. The number of carbonyl (C=O) groups excluding carboxylic acids is 1. The highest BCUT2D eigenvalue weighted by Crippen LogP contribution is 2.24. The first-order chi connectivity index (χ1) is 8.93. The highest BCUT2D eigenvalue weighted by Gasteiger charge is 2.19. The number of methoxy groups -OCH3 is 2. The minimum absolute atomic E-state index is 0.149. The third-order valence-corrected chi connectivity index (χ3v) is 3.46. The summed E-state index contributed by atoms with van der Waals surface area (Å²) in [5.74, 6) is 1.40. The Morgan fingerprint density at radius 1 is 1.32 bits per heavy atom. The third-order valence-electron chi connectivity index (χ3n) is 2.74. The molecule has 0 atom stereocenters. The predicted molar refractivity (Wildman–Crippen MR) is 76.4 cm³/mol. The Morgan fingerprint density at radius 2 is 2.00 bits per heavy atom. The molecule has 0 saturated heterocycles. The van der Waals surface area contributed by atoms with Gasteiger partial charge in [-0.05, 0) is 23.6 Å². The predicted octanol–water partition coefficient (Wildman–Crippen LogP) is 2.70. The lowest BCUT2D eigenvalue weighted by Crippen LogP contribution is -2.35. The van der Waals surface area contributed by atoms with E-state index in [2.05, 4.69) is 5.32 Å². The normalized spacial score (nSPS) is 11.0. The van der Waals surface area contributed by atoms with E-state index in [0.29, 0.717) is 29.5 Å². The Balaban J connectivity index is 2.86. The molecule has 106 valence electrons. The van der Waals surface area contributed by atoms with Gasteiger partial charge in [-0.3, -0.25) is 4.79 Å². The maximum absolute atomic E-state index is 12.2. The molecule has 1 N–H and O–H groups in total. The van der Waals surface area contributed by atoms with E-state index < -0.39 is 0 Å². The lowest BCUT2D eigenvalue weighted by Gasteiger charge is -2.22. The van der Waals surface area contributed by atoms with Gasteiger partial charge in [-0.25, -0.2) is 0 Å². The average Bonchev–Trinajstić information content (AvgIpc) is 2.44. The molecule has 0 aliphatic rings. The molecule has 0 unspecified atom stereocenters. The Morgan fingerprint density at radius 3 is 2.53 bits per heavy atom. The summed E-state index contributed by atoms with van der Waals surface area (Å²) < 4.78 is 10.3. The van der Waals surface area contributed by atoms with Crippen LogP contribution in [0.25, 0.3) is 0 Å². The highest BCUT2D eigenvalue weighted by atomic mass is 35.5. The van der Waals surface area contributed by atoms with Crippen molar-refractivity contribution in [3.8, 4) is 11.5 Å². The van der Waals surface area contributed by atoms with E-state index in [1.54, 1.807) is 25.3 Å². The third kappa shape index (κ3) is 4.31. The number of benzene rings is 1. The van der Waals surface area contributed by atoms with Gasteiger partial charge in [0.05, 0.1) is 19.8 Å². The van der Waals surface area contributed by atoms with Crippen LogP contribution >= 0.6 is 11.6 Å².